The molecule has 0 saturated carbocycles. The van der Waals surface area contributed by atoms with Gasteiger partial charge in [-0.05, 0) is 109 Å². The number of unbranched alkanes of at least 4 members (excludes halogenated alkanes) is 25. The predicted molar refractivity (Wildman–Crippen MR) is 256 cm³/mol. The molecule has 0 radical (unpaired) electrons. The molecule has 0 aromatic carbocycles. The summed E-state index contributed by atoms with van der Waals surface area (Å²) in [6, 6.07) is 0. The van der Waals surface area contributed by atoms with E-state index >= 15 is 0 Å². The van der Waals surface area contributed by atoms with Gasteiger partial charge in [-0.1, -0.05) is 162 Å². The first-order valence-corrected chi connectivity index (χ1v) is 26.6. The minimum Gasteiger partial charge on any atom is -0.466 e. The van der Waals surface area contributed by atoms with E-state index in [0.29, 0.717) is 44.5 Å². The normalized spacial score (nSPS) is 15.3. The van der Waals surface area contributed by atoms with Gasteiger partial charge >= 0.3 is 17.9 Å². The SMILES string of the molecule is CCCCCCCCCCCOC(=O)CCCCCN(CCCCCCCC(=O)OC(CCCCCCCC)CCCCCCCC)CCCCOC(=O)C1=CC(O)C(O)CC1. The lowest BCUT2D eigenvalue weighted by atomic mass is 9.95. The minimum atomic E-state index is -1.01. The van der Waals surface area contributed by atoms with E-state index in [1.807, 2.05) is 0 Å². The van der Waals surface area contributed by atoms with Crippen LogP contribution < -0.4 is 0 Å². The maximum Gasteiger partial charge on any atom is 0.333 e. The molecule has 1 rings (SSSR count). The first-order chi connectivity index (χ1) is 30.3. The Morgan fingerprint density at radius 1 is 0.532 bits per heavy atom. The highest BCUT2D eigenvalue weighted by molar-refractivity contribution is 5.88. The molecular weight excluding hydrogens is 779 g/mol. The van der Waals surface area contributed by atoms with Crippen molar-refractivity contribution in [3.8, 4) is 0 Å². The number of carbonyl (C=O) groups is 3. The van der Waals surface area contributed by atoms with Crippen molar-refractivity contribution in [2.45, 2.75) is 277 Å². The van der Waals surface area contributed by atoms with Crippen LogP contribution in [0.15, 0.2) is 11.6 Å². The summed E-state index contributed by atoms with van der Waals surface area (Å²) in [6.07, 6.45) is 39.8. The van der Waals surface area contributed by atoms with E-state index < -0.39 is 18.2 Å². The molecule has 9 heteroatoms. The number of aliphatic hydroxyl groups excluding tert-OH is 2. The summed E-state index contributed by atoms with van der Waals surface area (Å²) >= 11 is 0. The molecule has 0 bridgehead atoms. The van der Waals surface area contributed by atoms with Crippen LogP contribution in [0.3, 0.4) is 0 Å². The van der Waals surface area contributed by atoms with E-state index in [1.54, 1.807) is 0 Å². The van der Waals surface area contributed by atoms with Crippen molar-refractivity contribution in [3.63, 3.8) is 0 Å². The van der Waals surface area contributed by atoms with Gasteiger partial charge in [-0.2, -0.15) is 0 Å². The molecule has 0 saturated heterocycles. The van der Waals surface area contributed by atoms with Crippen LogP contribution in [0.2, 0.25) is 0 Å². The highest BCUT2D eigenvalue weighted by Crippen LogP contribution is 2.21. The Morgan fingerprint density at radius 2 is 0.935 bits per heavy atom. The van der Waals surface area contributed by atoms with E-state index in [9.17, 15) is 24.6 Å². The fourth-order valence-corrected chi connectivity index (χ4v) is 8.47. The predicted octanol–water partition coefficient (Wildman–Crippen LogP) is 13.4. The van der Waals surface area contributed by atoms with Crippen molar-refractivity contribution in [2.24, 2.45) is 0 Å². The van der Waals surface area contributed by atoms with Crippen LogP contribution in [0.25, 0.3) is 0 Å². The third-order valence-corrected chi connectivity index (χ3v) is 12.6. The average Bonchev–Trinajstić information content (AvgIpc) is 3.26. The molecule has 0 aromatic heterocycles. The average molecular weight is 878 g/mol. The zero-order chi connectivity index (χ0) is 45.1. The van der Waals surface area contributed by atoms with Gasteiger partial charge in [0.1, 0.15) is 6.10 Å². The summed E-state index contributed by atoms with van der Waals surface area (Å²) in [5.41, 5.74) is 0.449. The van der Waals surface area contributed by atoms with Gasteiger partial charge in [0.25, 0.3) is 0 Å². The van der Waals surface area contributed by atoms with Gasteiger partial charge < -0.3 is 29.3 Å². The largest absolute Gasteiger partial charge is 0.466 e. The summed E-state index contributed by atoms with van der Waals surface area (Å²) in [6.45, 7) is 10.6. The lowest BCUT2D eigenvalue weighted by Gasteiger charge is -2.23. The number of ether oxygens (including phenoxy) is 3. The van der Waals surface area contributed by atoms with E-state index in [2.05, 4.69) is 25.7 Å². The van der Waals surface area contributed by atoms with E-state index in [0.717, 1.165) is 122 Å². The monoisotopic (exact) mass is 878 g/mol. The van der Waals surface area contributed by atoms with Crippen LogP contribution >= 0.6 is 0 Å². The number of hydrogen-bond donors (Lipinski definition) is 2. The summed E-state index contributed by atoms with van der Waals surface area (Å²) in [5.74, 6) is -0.475. The number of carbonyl (C=O) groups excluding carboxylic acids is 3. The van der Waals surface area contributed by atoms with Gasteiger partial charge in [0.15, 0.2) is 0 Å². The van der Waals surface area contributed by atoms with Gasteiger partial charge in [0.2, 0.25) is 0 Å². The van der Waals surface area contributed by atoms with Crippen molar-refractivity contribution in [1.82, 2.24) is 4.90 Å². The highest BCUT2D eigenvalue weighted by atomic mass is 16.5. The summed E-state index contributed by atoms with van der Waals surface area (Å²) < 4.78 is 17.1. The van der Waals surface area contributed by atoms with Crippen LogP contribution in [0.5, 0.6) is 0 Å². The van der Waals surface area contributed by atoms with Crippen molar-refractivity contribution in [3.05, 3.63) is 11.6 Å². The lowest BCUT2D eigenvalue weighted by Crippen LogP contribution is -2.29. The van der Waals surface area contributed by atoms with Crippen molar-refractivity contribution >= 4 is 17.9 Å². The van der Waals surface area contributed by atoms with Gasteiger partial charge in [-0.25, -0.2) is 4.79 Å². The van der Waals surface area contributed by atoms with Crippen molar-refractivity contribution in [1.29, 1.82) is 0 Å². The smallest absolute Gasteiger partial charge is 0.333 e. The van der Waals surface area contributed by atoms with Crippen LogP contribution in [-0.2, 0) is 28.6 Å². The molecule has 2 unspecified atom stereocenters. The molecule has 1 aliphatic rings. The zero-order valence-electron chi connectivity index (χ0n) is 40.8. The van der Waals surface area contributed by atoms with Crippen LogP contribution in [-0.4, -0.2) is 84.2 Å². The number of esters is 3. The number of hydrogen-bond acceptors (Lipinski definition) is 9. The van der Waals surface area contributed by atoms with Gasteiger partial charge in [0, 0.05) is 18.4 Å². The quantitative estimate of drug-likeness (QED) is 0.0350. The summed E-state index contributed by atoms with van der Waals surface area (Å²) in [7, 11) is 0. The Morgan fingerprint density at radius 3 is 1.47 bits per heavy atom. The molecule has 0 aliphatic heterocycles. The fourth-order valence-electron chi connectivity index (χ4n) is 8.47. The topological polar surface area (TPSA) is 123 Å². The molecule has 9 nitrogen and oxygen atoms in total. The molecular formula is C53H99NO8. The van der Waals surface area contributed by atoms with Gasteiger partial charge in [-0.3, -0.25) is 9.59 Å². The van der Waals surface area contributed by atoms with E-state index in [4.69, 9.17) is 14.2 Å². The van der Waals surface area contributed by atoms with E-state index in [-0.39, 0.29) is 18.0 Å². The van der Waals surface area contributed by atoms with Crippen molar-refractivity contribution in [2.75, 3.05) is 32.8 Å². The van der Waals surface area contributed by atoms with Gasteiger partial charge in [0.05, 0.1) is 25.4 Å². The van der Waals surface area contributed by atoms with E-state index in [1.165, 1.54) is 115 Å². The van der Waals surface area contributed by atoms with Gasteiger partial charge in [-0.15, -0.1) is 0 Å². The number of rotatable bonds is 45. The van der Waals surface area contributed by atoms with Crippen LogP contribution in [0.4, 0.5) is 0 Å². The summed E-state index contributed by atoms with van der Waals surface area (Å²) in [5, 5.41) is 19.6. The Bertz CT molecular complexity index is 1070. The second-order valence-electron chi connectivity index (χ2n) is 18.6. The Balaban J connectivity index is 2.40. The molecule has 0 spiro atoms. The standard InChI is InChI=1S/C53H99NO8/c1-4-7-10-13-16-17-18-24-33-44-60-51(57)37-29-25-31-42-54(43-32-34-45-61-53(59)47-39-40-49(55)50(56)46-47)41-30-23-19-22-28-38-52(58)62-48(35-26-20-14-11-8-5-2)36-27-21-15-12-9-6-3/h46,48-50,55-56H,4-45H2,1-3H3. The molecule has 2 N–H and O–H groups in total. The molecule has 2 atom stereocenters. The Labute approximate surface area is 381 Å². The molecule has 62 heavy (non-hydrogen) atoms. The molecule has 364 valence electrons. The van der Waals surface area contributed by atoms with Crippen LogP contribution in [0, 0.1) is 0 Å². The zero-order valence-corrected chi connectivity index (χ0v) is 40.8. The first kappa shape index (κ1) is 58.0. The van der Waals surface area contributed by atoms with Crippen LogP contribution in [0.1, 0.15) is 258 Å². The summed E-state index contributed by atoms with van der Waals surface area (Å²) in [4.78, 5) is 40.2. The minimum absolute atomic E-state index is 0.0113. The number of nitrogens with zero attached hydrogens (tertiary/aromatic N) is 1. The maximum atomic E-state index is 12.9. The Hall–Kier alpha value is -1.97. The molecule has 0 amide bonds. The molecule has 0 heterocycles. The fraction of sp³-hybridized carbons (Fsp3) is 0.906. The molecule has 1 aliphatic carbocycles. The third-order valence-electron chi connectivity index (χ3n) is 12.6. The highest BCUT2D eigenvalue weighted by Gasteiger charge is 2.24. The Kier molecular flexibility index (Phi) is 40.2. The molecule has 0 aromatic rings. The molecule has 0 fully saturated rings. The number of aliphatic hydroxyl groups is 2. The lowest BCUT2D eigenvalue weighted by molar-refractivity contribution is -0.150. The van der Waals surface area contributed by atoms with Crippen molar-refractivity contribution < 1.29 is 38.8 Å². The maximum absolute atomic E-state index is 12.9. The second kappa shape index (κ2) is 43.0. The third kappa shape index (κ3) is 35.4. The second-order valence-corrected chi connectivity index (χ2v) is 18.6. The first-order valence-electron chi connectivity index (χ1n) is 26.6.